The van der Waals surface area contributed by atoms with Crippen LogP contribution in [0.25, 0.3) is 10.1 Å². The molecule has 1 aromatic carbocycles. The van der Waals surface area contributed by atoms with Gasteiger partial charge in [-0.25, -0.2) is 0 Å². The zero-order chi connectivity index (χ0) is 15.5. The number of ether oxygens (including phenoxy) is 1. The Labute approximate surface area is 136 Å². The molecule has 0 unspecified atom stereocenters. The largest absolute Gasteiger partial charge is 0.497 e. The quantitative estimate of drug-likeness (QED) is 0.788. The third-order valence-corrected chi connectivity index (χ3v) is 4.86. The number of hydrogen-bond acceptors (Lipinski definition) is 4. The molecule has 4 nitrogen and oxygen atoms in total. The number of thiophene rings is 1. The van der Waals surface area contributed by atoms with Gasteiger partial charge in [0.2, 0.25) is 0 Å². The van der Waals surface area contributed by atoms with Crippen LogP contribution in [-0.2, 0) is 6.54 Å². The molecule has 22 heavy (non-hydrogen) atoms. The summed E-state index contributed by atoms with van der Waals surface area (Å²) in [7, 11) is 1.61. The highest BCUT2D eigenvalue weighted by Crippen LogP contribution is 2.37. The summed E-state index contributed by atoms with van der Waals surface area (Å²) < 4.78 is 6.12. The van der Waals surface area contributed by atoms with Crippen molar-refractivity contribution in [3.05, 3.63) is 58.2 Å². The number of halogens is 1. The highest BCUT2D eigenvalue weighted by atomic mass is 35.5. The maximum atomic E-state index is 12.3. The number of methoxy groups -OCH3 is 1. The van der Waals surface area contributed by atoms with Crippen molar-refractivity contribution in [2.24, 2.45) is 0 Å². The molecule has 0 radical (unpaired) electrons. The van der Waals surface area contributed by atoms with Crippen molar-refractivity contribution in [3.63, 3.8) is 0 Å². The zero-order valence-corrected chi connectivity index (χ0v) is 13.4. The van der Waals surface area contributed by atoms with E-state index in [4.69, 9.17) is 16.3 Å². The molecule has 1 amide bonds. The predicted molar refractivity (Wildman–Crippen MR) is 88.8 cm³/mol. The molecule has 3 rings (SSSR count). The Hall–Kier alpha value is -2.11. The molecule has 0 saturated heterocycles. The van der Waals surface area contributed by atoms with Crippen LogP contribution in [0.15, 0.2) is 42.6 Å². The van der Waals surface area contributed by atoms with Crippen LogP contribution in [0.4, 0.5) is 0 Å². The van der Waals surface area contributed by atoms with E-state index in [1.807, 2.05) is 36.4 Å². The van der Waals surface area contributed by atoms with E-state index in [0.29, 0.717) is 16.4 Å². The fraction of sp³-hybridized carbons (Fsp3) is 0.125. The first-order valence-electron chi connectivity index (χ1n) is 6.63. The first kappa shape index (κ1) is 14.8. The normalized spacial score (nSPS) is 10.6. The van der Waals surface area contributed by atoms with Crippen LogP contribution >= 0.6 is 22.9 Å². The number of hydrogen-bond donors (Lipinski definition) is 1. The molecule has 112 valence electrons. The Balaban J connectivity index is 1.83. The van der Waals surface area contributed by atoms with E-state index >= 15 is 0 Å². The average Bonchev–Trinajstić information content (AvgIpc) is 2.90. The van der Waals surface area contributed by atoms with Gasteiger partial charge in [-0.15, -0.1) is 11.3 Å². The lowest BCUT2D eigenvalue weighted by atomic mass is 10.2. The summed E-state index contributed by atoms with van der Waals surface area (Å²) >= 11 is 7.67. The molecule has 3 aromatic rings. The maximum absolute atomic E-state index is 12.3. The minimum absolute atomic E-state index is 0.198. The third-order valence-electron chi connectivity index (χ3n) is 3.20. The summed E-state index contributed by atoms with van der Waals surface area (Å²) in [6, 6.07) is 11.1. The number of pyridine rings is 1. The molecular formula is C16H13ClN2O2S. The van der Waals surface area contributed by atoms with E-state index in [-0.39, 0.29) is 5.91 Å². The summed E-state index contributed by atoms with van der Waals surface area (Å²) in [6.45, 7) is 0.369. The lowest BCUT2D eigenvalue weighted by molar-refractivity contribution is 0.0954. The number of fused-ring (bicyclic) bond motifs is 1. The molecule has 0 spiro atoms. The first-order chi connectivity index (χ1) is 10.7. The summed E-state index contributed by atoms with van der Waals surface area (Å²) in [5.41, 5.74) is 0.801. The lowest BCUT2D eigenvalue weighted by Crippen LogP contribution is -2.22. The van der Waals surface area contributed by atoms with Gasteiger partial charge in [0.05, 0.1) is 24.4 Å². The van der Waals surface area contributed by atoms with E-state index in [9.17, 15) is 4.79 Å². The first-order valence-corrected chi connectivity index (χ1v) is 7.82. The second-order valence-corrected chi connectivity index (χ2v) is 6.04. The number of nitrogens with zero attached hydrogens (tertiary/aromatic N) is 1. The maximum Gasteiger partial charge on any atom is 0.263 e. The molecular weight excluding hydrogens is 320 g/mol. The second kappa shape index (κ2) is 6.34. The fourth-order valence-electron chi connectivity index (χ4n) is 2.07. The minimum atomic E-state index is -0.198. The van der Waals surface area contributed by atoms with Crippen molar-refractivity contribution in [1.29, 1.82) is 0 Å². The van der Waals surface area contributed by atoms with Gasteiger partial charge in [-0.1, -0.05) is 17.7 Å². The Morgan fingerprint density at radius 2 is 2.23 bits per heavy atom. The zero-order valence-electron chi connectivity index (χ0n) is 11.8. The lowest BCUT2D eigenvalue weighted by Gasteiger charge is -2.03. The van der Waals surface area contributed by atoms with Crippen LogP contribution in [0, 0.1) is 0 Å². The third kappa shape index (κ3) is 2.91. The summed E-state index contributed by atoms with van der Waals surface area (Å²) in [5.74, 6) is 0.543. The van der Waals surface area contributed by atoms with Crippen LogP contribution < -0.4 is 10.1 Å². The number of benzene rings is 1. The highest BCUT2D eigenvalue weighted by Gasteiger charge is 2.17. The SMILES string of the molecule is COc1ccc2c(Cl)c(C(=O)NCc3ccccn3)sc2c1. The van der Waals surface area contributed by atoms with E-state index in [0.717, 1.165) is 21.5 Å². The van der Waals surface area contributed by atoms with Gasteiger partial charge in [0.15, 0.2) is 0 Å². The van der Waals surface area contributed by atoms with Gasteiger partial charge in [0.25, 0.3) is 5.91 Å². The van der Waals surface area contributed by atoms with Crippen molar-refractivity contribution < 1.29 is 9.53 Å². The number of amides is 1. The topological polar surface area (TPSA) is 51.2 Å². The molecule has 1 N–H and O–H groups in total. The molecule has 0 aliphatic carbocycles. The summed E-state index contributed by atoms with van der Waals surface area (Å²) in [4.78, 5) is 17.0. The van der Waals surface area contributed by atoms with E-state index in [2.05, 4.69) is 10.3 Å². The number of nitrogens with one attached hydrogen (secondary N) is 1. The molecule has 0 atom stereocenters. The van der Waals surface area contributed by atoms with Gasteiger partial charge in [0, 0.05) is 16.3 Å². The molecule has 6 heteroatoms. The van der Waals surface area contributed by atoms with Gasteiger partial charge in [0.1, 0.15) is 10.6 Å². The minimum Gasteiger partial charge on any atom is -0.497 e. The molecule has 2 heterocycles. The summed E-state index contributed by atoms with van der Waals surface area (Å²) in [5, 5.41) is 4.17. The molecule has 0 bridgehead atoms. The van der Waals surface area contributed by atoms with Gasteiger partial charge in [-0.2, -0.15) is 0 Å². The Kier molecular flexibility index (Phi) is 4.27. The van der Waals surface area contributed by atoms with E-state index < -0.39 is 0 Å². The van der Waals surface area contributed by atoms with E-state index in [1.165, 1.54) is 11.3 Å². The van der Waals surface area contributed by atoms with Crippen LogP contribution in [0.2, 0.25) is 5.02 Å². The van der Waals surface area contributed by atoms with Crippen LogP contribution in [0.1, 0.15) is 15.4 Å². The summed E-state index contributed by atoms with van der Waals surface area (Å²) in [6.07, 6.45) is 1.69. The monoisotopic (exact) mass is 332 g/mol. The molecule has 0 fully saturated rings. The van der Waals surface area contributed by atoms with Crippen molar-refractivity contribution in [3.8, 4) is 5.75 Å². The number of rotatable bonds is 4. The van der Waals surface area contributed by atoms with Crippen LogP contribution in [-0.4, -0.2) is 18.0 Å². The van der Waals surface area contributed by atoms with Crippen LogP contribution in [0.5, 0.6) is 5.75 Å². The standard InChI is InChI=1S/C16H13ClN2O2S/c1-21-11-5-6-12-13(8-11)22-15(14(12)17)16(20)19-9-10-4-2-3-7-18-10/h2-8H,9H2,1H3,(H,19,20). The van der Waals surface area contributed by atoms with Gasteiger partial charge in [-0.3, -0.25) is 9.78 Å². The fourth-order valence-corrected chi connectivity index (χ4v) is 3.53. The molecule has 0 aliphatic rings. The molecule has 2 aromatic heterocycles. The Morgan fingerprint density at radius 3 is 2.95 bits per heavy atom. The predicted octanol–water partition coefficient (Wildman–Crippen LogP) is 3.89. The van der Waals surface area contributed by atoms with Crippen molar-refractivity contribution in [2.45, 2.75) is 6.54 Å². The van der Waals surface area contributed by atoms with Gasteiger partial charge < -0.3 is 10.1 Å². The number of carbonyl (C=O) groups is 1. The molecule has 0 saturated carbocycles. The van der Waals surface area contributed by atoms with Crippen molar-refractivity contribution in [2.75, 3.05) is 7.11 Å². The van der Waals surface area contributed by atoms with Crippen molar-refractivity contribution >= 4 is 38.9 Å². The Morgan fingerprint density at radius 1 is 1.36 bits per heavy atom. The smallest absolute Gasteiger partial charge is 0.263 e. The van der Waals surface area contributed by atoms with Gasteiger partial charge in [-0.05, 0) is 30.3 Å². The Bertz CT molecular complexity index is 818. The second-order valence-electron chi connectivity index (χ2n) is 4.61. The number of aromatic nitrogens is 1. The van der Waals surface area contributed by atoms with Gasteiger partial charge >= 0.3 is 0 Å². The average molecular weight is 333 g/mol. The van der Waals surface area contributed by atoms with E-state index in [1.54, 1.807) is 13.3 Å². The van der Waals surface area contributed by atoms with Crippen LogP contribution in [0.3, 0.4) is 0 Å². The number of carbonyl (C=O) groups excluding carboxylic acids is 1. The van der Waals surface area contributed by atoms with Crippen molar-refractivity contribution in [1.82, 2.24) is 10.3 Å². The molecule has 0 aliphatic heterocycles. The highest BCUT2D eigenvalue weighted by molar-refractivity contribution is 7.21.